The maximum Gasteiger partial charge on any atom is 0.149 e. The first-order valence-corrected chi connectivity index (χ1v) is 4.90. The average molecular weight is 204 g/mol. The molecule has 2 nitrogen and oxygen atoms in total. The van der Waals surface area contributed by atoms with Crippen LogP contribution >= 0.6 is 0 Å². The van der Waals surface area contributed by atoms with E-state index in [1.54, 1.807) is 0 Å². The molecule has 15 heavy (non-hydrogen) atoms. The predicted molar refractivity (Wildman–Crippen MR) is 59.2 cm³/mol. The molecular formula is C12H13FN2. The minimum Gasteiger partial charge on any atom is -0.316 e. The van der Waals surface area contributed by atoms with Crippen molar-refractivity contribution in [2.24, 2.45) is 0 Å². The van der Waals surface area contributed by atoms with Gasteiger partial charge in [-0.25, -0.2) is 4.39 Å². The van der Waals surface area contributed by atoms with Crippen molar-refractivity contribution in [3.05, 3.63) is 41.5 Å². The van der Waals surface area contributed by atoms with Gasteiger partial charge in [-0.05, 0) is 25.6 Å². The summed E-state index contributed by atoms with van der Waals surface area (Å²) in [5, 5.41) is 4.58. The summed E-state index contributed by atoms with van der Waals surface area (Å²) in [6.45, 7) is 2.64. The molecule has 0 bridgehead atoms. The van der Waals surface area contributed by atoms with Crippen LogP contribution in [0.5, 0.6) is 0 Å². The van der Waals surface area contributed by atoms with Gasteiger partial charge in [-0.3, -0.25) is 4.98 Å². The third-order valence-electron chi connectivity index (χ3n) is 2.48. The Hall–Kier alpha value is -1.48. The summed E-state index contributed by atoms with van der Waals surface area (Å²) in [7, 11) is 1.87. The molecule has 0 aliphatic rings. The number of nitrogens with zero attached hydrogens (tertiary/aromatic N) is 1. The number of rotatable bonds is 2. The average Bonchev–Trinajstić information content (AvgIpc) is 2.24. The Morgan fingerprint density at radius 1 is 1.33 bits per heavy atom. The van der Waals surface area contributed by atoms with E-state index >= 15 is 0 Å². The molecule has 0 fully saturated rings. The summed E-state index contributed by atoms with van der Waals surface area (Å²) in [5.41, 5.74) is 1.94. The van der Waals surface area contributed by atoms with E-state index in [0.717, 1.165) is 23.2 Å². The third-order valence-corrected chi connectivity index (χ3v) is 2.48. The highest BCUT2D eigenvalue weighted by atomic mass is 19.1. The first-order valence-electron chi connectivity index (χ1n) is 4.90. The van der Waals surface area contributed by atoms with Crippen LogP contribution in [0.2, 0.25) is 0 Å². The molecule has 0 saturated carbocycles. The van der Waals surface area contributed by atoms with Crippen molar-refractivity contribution in [3.8, 4) is 0 Å². The van der Waals surface area contributed by atoms with Crippen molar-refractivity contribution in [3.63, 3.8) is 0 Å². The van der Waals surface area contributed by atoms with Gasteiger partial charge in [-0.15, -0.1) is 0 Å². The minimum atomic E-state index is -0.256. The molecule has 1 heterocycles. The maximum absolute atomic E-state index is 13.5. The van der Waals surface area contributed by atoms with Crippen LogP contribution in [0, 0.1) is 12.7 Å². The molecule has 0 spiro atoms. The fourth-order valence-electron chi connectivity index (χ4n) is 1.71. The van der Waals surface area contributed by atoms with Crippen molar-refractivity contribution in [2.75, 3.05) is 7.05 Å². The van der Waals surface area contributed by atoms with Gasteiger partial charge in [0, 0.05) is 23.0 Å². The van der Waals surface area contributed by atoms with Crippen molar-refractivity contribution >= 4 is 10.8 Å². The SMILES string of the molecule is CNCc1ccc2c(C)ncc(F)c2c1. The van der Waals surface area contributed by atoms with Crippen LogP contribution in [-0.4, -0.2) is 12.0 Å². The molecule has 0 radical (unpaired) electrons. The zero-order valence-electron chi connectivity index (χ0n) is 8.84. The first-order chi connectivity index (χ1) is 7.22. The Labute approximate surface area is 88.1 Å². The van der Waals surface area contributed by atoms with Gasteiger partial charge in [-0.1, -0.05) is 12.1 Å². The Balaban J connectivity index is 2.65. The molecule has 1 aromatic carbocycles. The molecule has 2 rings (SSSR count). The molecule has 1 N–H and O–H groups in total. The number of nitrogens with one attached hydrogen (secondary N) is 1. The second-order valence-electron chi connectivity index (χ2n) is 3.60. The topological polar surface area (TPSA) is 24.9 Å². The lowest BCUT2D eigenvalue weighted by Gasteiger charge is -2.05. The molecular weight excluding hydrogens is 191 g/mol. The molecule has 78 valence electrons. The number of benzene rings is 1. The van der Waals surface area contributed by atoms with Crippen molar-refractivity contribution in [1.29, 1.82) is 0 Å². The number of pyridine rings is 1. The second-order valence-corrected chi connectivity index (χ2v) is 3.60. The van der Waals surface area contributed by atoms with Crippen LogP contribution in [0.15, 0.2) is 24.4 Å². The van der Waals surface area contributed by atoms with Crippen molar-refractivity contribution in [2.45, 2.75) is 13.5 Å². The first kappa shape index (κ1) is 10.1. The zero-order chi connectivity index (χ0) is 10.8. The van der Waals surface area contributed by atoms with Crippen molar-refractivity contribution < 1.29 is 4.39 Å². The molecule has 1 aromatic heterocycles. The molecule has 0 aliphatic carbocycles. The molecule has 0 unspecified atom stereocenters. The standard InChI is InChI=1S/C12H13FN2/c1-8-10-4-3-9(6-14-2)5-11(10)12(13)7-15-8/h3-5,7,14H,6H2,1-2H3. The number of hydrogen-bond acceptors (Lipinski definition) is 2. The molecule has 0 aliphatic heterocycles. The van der Waals surface area contributed by atoms with Gasteiger partial charge in [0.2, 0.25) is 0 Å². The van der Waals surface area contributed by atoms with Crippen LogP contribution in [0.4, 0.5) is 4.39 Å². The van der Waals surface area contributed by atoms with Crippen LogP contribution in [0.25, 0.3) is 10.8 Å². The van der Waals surface area contributed by atoms with E-state index in [9.17, 15) is 4.39 Å². The van der Waals surface area contributed by atoms with Gasteiger partial charge in [0.25, 0.3) is 0 Å². The number of aromatic nitrogens is 1. The lowest BCUT2D eigenvalue weighted by atomic mass is 10.1. The van der Waals surface area contributed by atoms with E-state index in [-0.39, 0.29) is 5.82 Å². The zero-order valence-corrected chi connectivity index (χ0v) is 8.84. The second kappa shape index (κ2) is 3.95. The number of aryl methyl sites for hydroxylation is 1. The smallest absolute Gasteiger partial charge is 0.149 e. The lowest BCUT2D eigenvalue weighted by Crippen LogP contribution is -2.04. The summed E-state index contributed by atoms with van der Waals surface area (Å²) >= 11 is 0. The molecule has 2 aromatic rings. The highest BCUT2D eigenvalue weighted by molar-refractivity contribution is 5.85. The van der Waals surface area contributed by atoms with Gasteiger partial charge in [0.1, 0.15) is 5.82 Å². The lowest BCUT2D eigenvalue weighted by molar-refractivity contribution is 0.633. The molecule has 0 amide bonds. The summed E-state index contributed by atoms with van der Waals surface area (Å²) < 4.78 is 13.5. The summed E-state index contributed by atoms with van der Waals surface area (Å²) in [5.74, 6) is -0.256. The van der Waals surface area contributed by atoms with E-state index in [4.69, 9.17) is 0 Å². The Morgan fingerprint density at radius 2 is 2.13 bits per heavy atom. The van der Waals surface area contributed by atoms with E-state index in [0.29, 0.717) is 5.39 Å². The highest BCUT2D eigenvalue weighted by Gasteiger charge is 2.04. The van der Waals surface area contributed by atoms with E-state index in [2.05, 4.69) is 10.3 Å². The predicted octanol–water partition coefficient (Wildman–Crippen LogP) is 2.40. The van der Waals surface area contributed by atoms with Gasteiger partial charge in [0.15, 0.2) is 0 Å². The molecule has 0 saturated heterocycles. The van der Waals surface area contributed by atoms with Crippen molar-refractivity contribution in [1.82, 2.24) is 10.3 Å². The van der Waals surface area contributed by atoms with Gasteiger partial charge in [-0.2, -0.15) is 0 Å². The maximum atomic E-state index is 13.5. The summed E-state index contributed by atoms with van der Waals surface area (Å²) in [6.07, 6.45) is 1.28. The number of fused-ring (bicyclic) bond motifs is 1. The fourth-order valence-corrected chi connectivity index (χ4v) is 1.71. The quantitative estimate of drug-likeness (QED) is 0.812. The van der Waals surface area contributed by atoms with E-state index < -0.39 is 0 Å². The van der Waals surface area contributed by atoms with E-state index in [1.807, 2.05) is 32.2 Å². The summed E-state index contributed by atoms with van der Waals surface area (Å²) in [4.78, 5) is 3.99. The third kappa shape index (κ3) is 1.83. The van der Waals surface area contributed by atoms with Gasteiger partial charge < -0.3 is 5.32 Å². The van der Waals surface area contributed by atoms with Crippen LogP contribution < -0.4 is 5.32 Å². The van der Waals surface area contributed by atoms with Crippen LogP contribution in [-0.2, 0) is 6.54 Å². The highest BCUT2D eigenvalue weighted by Crippen LogP contribution is 2.21. The Kier molecular flexibility index (Phi) is 2.64. The Bertz CT molecular complexity index is 494. The molecule has 0 atom stereocenters. The van der Waals surface area contributed by atoms with E-state index in [1.165, 1.54) is 6.20 Å². The number of hydrogen-bond donors (Lipinski definition) is 1. The van der Waals surface area contributed by atoms with Crippen LogP contribution in [0.1, 0.15) is 11.3 Å². The minimum absolute atomic E-state index is 0.256. The Morgan fingerprint density at radius 3 is 2.87 bits per heavy atom. The molecule has 3 heteroatoms. The van der Waals surface area contributed by atoms with Gasteiger partial charge in [0.05, 0.1) is 6.20 Å². The largest absolute Gasteiger partial charge is 0.316 e. The van der Waals surface area contributed by atoms with Gasteiger partial charge >= 0.3 is 0 Å². The van der Waals surface area contributed by atoms with Crippen LogP contribution in [0.3, 0.4) is 0 Å². The normalized spacial score (nSPS) is 10.9. The fraction of sp³-hybridized carbons (Fsp3) is 0.250. The number of halogens is 1. The summed E-state index contributed by atoms with van der Waals surface area (Å²) in [6, 6.07) is 5.79. The monoisotopic (exact) mass is 204 g/mol.